The number of rotatable bonds is 12. The van der Waals surface area contributed by atoms with Gasteiger partial charge in [-0.25, -0.2) is 0 Å². The van der Waals surface area contributed by atoms with Crippen molar-refractivity contribution in [3.05, 3.63) is 121 Å². The average molecular weight is 561 g/mol. The monoisotopic (exact) mass is 560 g/mol. The lowest BCUT2D eigenvalue weighted by atomic mass is 10.4. The molecule has 0 nitrogen and oxygen atoms in total. The van der Waals surface area contributed by atoms with Gasteiger partial charge in [0.1, 0.15) is 0 Å². The van der Waals surface area contributed by atoms with E-state index in [1.807, 2.05) is 0 Å². The Bertz CT molecular complexity index is 998. The predicted octanol–water partition coefficient (Wildman–Crippen LogP) is 8.91. The maximum atomic E-state index is 2.48. The molecule has 0 aliphatic carbocycles. The summed E-state index contributed by atoms with van der Waals surface area (Å²) in [7, 11) is -1.69. The highest BCUT2D eigenvalue weighted by atomic mass is 31.3. The van der Waals surface area contributed by atoms with Crippen molar-refractivity contribution in [2.75, 3.05) is 24.6 Å². The molecule has 0 saturated heterocycles. The molecule has 0 unspecified atom stereocenters. The van der Waals surface area contributed by atoms with Crippen molar-refractivity contribution in [3.63, 3.8) is 0 Å². The molecule has 192 valence electrons. The van der Waals surface area contributed by atoms with Crippen LogP contribution in [-0.4, -0.2) is 29.0 Å². The minimum atomic E-state index is -0.601. The second-order valence-corrected chi connectivity index (χ2v) is 21.9. The van der Waals surface area contributed by atoms with Crippen molar-refractivity contribution < 1.29 is 0 Å². The van der Waals surface area contributed by atoms with Crippen LogP contribution in [0.3, 0.4) is 0 Å². The summed E-state index contributed by atoms with van der Waals surface area (Å²) in [5.41, 5.74) is 0. The van der Waals surface area contributed by atoms with Crippen molar-refractivity contribution in [2.45, 2.75) is 32.1 Å². The van der Waals surface area contributed by atoms with Crippen molar-refractivity contribution in [3.8, 4) is 0 Å². The summed E-state index contributed by atoms with van der Waals surface area (Å²) >= 11 is 0. The molecule has 37 heavy (non-hydrogen) atoms. The van der Waals surface area contributed by atoms with Gasteiger partial charge in [-0.1, -0.05) is 165 Å². The van der Waals surface area contributed by atoms with Crippen LogP contribution in [0.1, 0.15) is 27.7 Å². The summed E-state index contributed by atoms with van der Waals surface area (Å²) in [6.07, 6.45) is 5.12. The van der Waals surface area contributed by atoms with Crippen molar-refractivity contribution in [1.29, 1.82) is 0 Å². The van der Waals surface area contributed by atoms with Gasteiger partial charge in [0.25, 0.3) is 0 Å². The lowest BCUT2D eigenvalue weighted by Gasteiger charge is -2.56. The number of benzene rings is 4. The fourth-order valence-corrected chi connectivity index (χ4v) is 28.1. The Balaban J connectivity index is 2.18. The number of hydrogen-bond donors (Lipinski definition) is 0. The number of hydrogen-bond acceptors (Lipinski definition) is 0. The van der Waals surface area contributed by atoms with E-state index in [4.69, 9.17) is 0 Å². The maximum Gasteiger partial charge on any atom is 0.0653 e. The van der Waals surface area contributed by atoms with Crippen LogP contribution >= 0.6 is 31.7 Å². The molecule has 4 heteroatoms. The molecule has 4 rings (SSSR count). The second-order valence-electron chi connectivity index (χ2n) is 8.96. The molecule has 4 aromatic carbocycles. The molecule has 0 atom stereocenters. The third kappa shape index (κ3) is 5.95. The Morgan fingerprint density at radius 1 is 0.378 bits per heavy atom. The first-order valence-corrected chi connectivity index (χ1v) is 19.6. The first kappa shape index (κ1) is 28.6. The van der Waals surface area contributed by atoms with Gasteiger partial charge in [-0.05, 0) is 61.7 Å². The van der Waals surface area contributed by atoms with Gasteiger partial charge in [0, 0.05) is 0 Å². The Hall–Kier alpha value is -1.40. The zero-order valence-corrected chi connectivity index (χ0v) is 26.2. The van der Waals surface area contributed by atoms with Crippen LogP contribution < -0.4 is 21.2 Å². The lowest BCUT2D eigenvalue weighted by molar-refractivity contribution is 1.33. The molecular formula is C33H40P4. The standard InChI is InChI=1S/C33H40P4/c1-5-34(6-2)33(35(7-3)8-4,36(29-21-13-9-14-22-29)30-23-15-10-16-24-30)37(31-25-17-11-18-26-31)32-27-19-12-20-28-32/h9-28H,5-8H2,1-4H3. The Labute approximate surface area is 230 Å². The molecule has 0 radical (unpaired) electrons. The molecule has 0 heterocycles. The molecule has 0 fully saturated rings. The summed E-state index contributed by atoms with van der Waals surface area (Å²) in [4.78, 5) is 0. The van der Waals surface area contributed by atoms with E-state index < -0.39 is 15.8 Å². The van der Waals surface area contributed by atoms with Crippen LogP contribution in [0.2, 0.25) is 0 Å². The Morgan fingerprint density at radius 3 is 0.784 bits per heavy atom. The molecule has 0 aliphatic rings. The van der Waals surface area contributed by atoms with Gasteiger partial charge in [-0.3, -0.25) is 0 Å². The van der Waals surface area contributed by atoms with Crippen LogP contribution in [0.25, 0.3) is 0 Å². The Kier molecular flexibility index (Phi) is 10.9. The molecule has 0 aromatic heterocycles. The molecule has 0 N–H and O–H groups in total. The molecule has 0 bridgehead atoms. The largest absolute Gasteiger partial charge is 0.0859 e. The fourth-order valence-electron chi connectivity index (χ4n) is 5.46. The van der Waals surface area contributed by atoms with Crippen LogP contribution in [-0.2, 0) is 0 Å². The van der Waals surface area contributed by atoms with E-state index in [1.165, 1.54) is 24.6 Å². The molecule has 0 saturated carbocycles. The SMILES string of the molecule is CCP(CC)C(P(CC)CC)(P(c1ccccc1)c1ccccc1)P(c1ccccc1)c1ccccc1. The van der Waals surface area contributed by atoms with Crippen LogP contribution in [0.15, 0.2) is 121 Å². The highest BCUT2D eigenvalue weighted by Crippen LogP contribution is 2.89. The summed E-state index contributed by atoms with van der Waals surface area (Å²) in [5, 5.41) is 6.19. The molecule has 0 spiro atoms. The van der Waals surface area contributed by atoms with Gasteiger partial charge in [-0.2, -0.15) is 0 Å². The highest BCUT2D eigenvalue weighted by molar-refractivity contribution is 8.13. The Morgan fingerprint density at radius 2 is 0.595 bits per heavy atom. The van der Waals surface area contributed by atoms with Gasteiger partial charge in [0.15, 0.2) is 0 Å². The lowest BCUT2D eigenvalue weighted by Crippen LogP contribution is -2.38. The summed E-state index contributed by atoms with van der Waals surface area (Å²) in [6.45, 7) is 9.93. The van der Waals surface area contributed by atoms with Crippen LogP contribution in [0.5, 0.6) is 0 Å². The van der Waals surface area contributed by atoms with Gasteiger partial charge in [0.05, 0.1) is 4.38 Å². The normalized spacial score (nSPS) is 12.1. The van der Waals surface area contributed by atoms with Gasteiger partial charge >= 0.3 is 0 Å². The molecule has 4 aromatic rings. The minimum absolute atomic E-state index is 0.242. The summed E-state index contributed by atoms with van der Waals surface area (Å²) < 4.78 is 0.244. The minimum Gasteiger partial charge on any atom is -0.0859 e. The van der Waals surface area contributed by atoms with E-state index in [9.17, 15) is 0 Å². The van der Waals surface area contributed by atoms with Crippen molar-refractivity contribution >= 4 is 52.9 Å². The van der Waals surface area contributed by atoms with Crippen LogP contribution in [0, 0.1) is 0 Å². The zero-order valence-electron chi connectivity index (χ0n) is 22.7. The molecule has 0 amide bonds. The van der Waals surface area contributed by atoms with E-state index in [2.05, 4.69) is 149 Å². The quantitative estimate of drug-likeness (QED) is 0.152. The van der Waals surface area contributed by atoms with Gasteiger partial charge in [0.2, 0.25) is 0 Å². The second kappa shape index (κ2) is 14.1. The smallest absolute Gasteiger partial charge is 0.0653 e. The van der Waals surface area contributed by atoms with Gasteiger partial charge < -0.3 is 0 Å². The first-order chi connectivity index (χ1) is 18.2. The van der Waals surface area contributed by atoms with E-state index >= 15 is 0 Å². The topological polar surface area (TPSA) is 0 Å². The van der Waals surface area contributed by atoms with Crippen LogP contribution in [0.4, 0.5) is 0 Å². The molecule has 0 aliphatic heterocycles. The van der Waals surface area contributed by atoms with E-state index in [0.717, 1.165) is 0 Å². The first-order valence-electron chi connectivity index (χ1n) is 13.5. The summed E-state index contributed by atoms with van der Waals surface area (Å²) in [6, 6.07) is 46.4. The fraction of sp³-hybridized carbons (Fsp3) is 0.273. The van der Waals surface area contributed by atoms with E-state index in [1.54, 1.807) is 21.2 Å². The molecular weight excluding hydrogens is 520 g/mol. The zero-order chi connectivity index (χ0) is 26.1. The van der Waals surface area contributed by atoms with E-state index in [-0.39, 0.29) is 20.2 Å². The van der Waals surface area contributed by atoms with Gasteiger partial charge in [-0.15, -0.1) is 0 Å². The maximum absolute atomic E-state index is 2.48. The van der Waals surface area contributed by atoms with E-state index in [0.29, 0.717) is 0 Å². The highest BCUT2D eigenvalue weighted by Gasteiger charge is 2.55. The third-order valence-electron chi connectivity index (χ3n) is 7.03. The third-order valence-corrected chi connectivity index (χ3v) is 24.9. The van der Waals surface area contributed by atoms with Crippen molar-refractivity contribution in [2.24, 2.45) is 0 Å². The predicted molar refractivity (Wildman–Crippen MR) is 177 cm³/mol. The summed E-state index contributed by atoms with van der Waals surface area (Å²) in [5.74, 6) is 0. The average Bonchev–Trinajstić information content (AvgIpc) is 2.97. The van der Waals surface area contributed by atoms with Crippen molar-refractivity contribution in [1.82, 2.24) is 0 Å².